The van der Waals surface area contributed by atoms with Gasteiger partial charge in [-0.3, -0.25) is 0 Å². The van der Waals surface area contributed by atoms with Crippen LogP contribution in [0.2, 0.25) is 0 Å². The predicted octanol–water partition coefficient (Wildman–Crippen LogP) is 4.25. The lowest BCUT2D eigenvalue weighted by molar-refractivity contribution is -0.0164. The third-order valence-electron chi connectivity index (χ3n) is 3.21. The number of ether oxygens (including phenoxy) is 2. The third-order valence-corrected chi connectivity index (χ3v) is 3.21. The Hall–Kier alpha value is -1.06. The molecule has 120 valence electrons. The van der Waals surface area contributed by atoms with E-state index in [2.05, 4.69) is 65.1 Å². The number of hydrogen-bond donors (Lipinski definition) is 1. The molecule has 1 N–H and O–H groups in total. The Morgan fingerprint density at radius 1 is 1.19 bits per heavy atom. The zero-order valence-electron chi connectivity index (χ0n) is 14.5. The molecule has 0 aliphatic carbocycles. The lowest BCUT2D eigenvalue weighted by Crippen LogP contribution is -2.23. The van der Waals surface area contributed by atoms with Gasteiger partial charge in [-0.2, -0.15) is 0 Å². The van der Waals surface area contributed by atoms with Gasteiger partial charge in [-0.1, -0.05) is 24.6 Å². The molecule has 0 aliphatic heterocycles. The molecule has 1 aromatic rings. The first-order valence-electron chi connectivity index (χ1n) is 7.94. The molecular formula is C18H31NO2. The van der Waals surface area contributed by atoms with E-state index < -0.39 is 0 Å². The summed E-state index contributed by atoms with van der Waals surface area (Å²) in [7, 11) is 0. The molecule has 0 bridgehead atoms. The molecule has 0 fully saturated rings. The summed E-state index contributed by atoms with van der Waals surface area (Å²) >= 11 is 0. The van der Waals surface area contributed by atoms with Gasteiger partial charge in [-0.05, 0) is 53.7 Å². The van der Waals surface area contributed by atoms with Crippen molar-refractivity contribution in [2.24, 2.45) is 0 Å². The highest BCUT2D eigenvalue weighted by molar-refractivity contribution is 5.39. The maximum absolute atomic E-state index is 5.92. The molecule has 0 aromatic heterocycles. The van der Waals surface area contributed by atoms with E-state index in [1.165, 1.54) is 11.1 Å². The predicted molar refractivity (Wildman–Crippen MR) is 89.1 cm³/mol. The van der Waals surface area contributed by atoms with Gasteiger partial charge in [-0.25, -0.2) is 0 Å². The summed E-state index contributed by atoms with van der Waals surface area (Å²) in [5.74, 6) is 0.953. The van der Waals surface area contributed by atoms with Crippen molar-refractivity contribution in [3.8, 4) is 5.75 Å². The van der Waals surface area contributed by atoms with Gasteiger partial charge in [0.25, 0.3) is 0 Å². The highest BCUT2D eigenvalue weighted by Crippen LogP contribution is 2.26. The summed E-state index contributed by atoms with van der Waals surface area (Å²) in [4.78, 5) is 0. The first-order valence-corrected chi connectivity index (χ1v) is 7.94. The molecule has 0 heterocycles. The van der Waals surface area contributed by atoms with Gasteiger partial charge in [-0.15, -0.1) is 0 Å². The normalized spacial score (nSPS) is 13.2. The van der Waals surface area contributed by atoms with Gasteiger partial charge in [0.2, 0.25) is 0 Å². The second-order valence-electron chi connectivity index (χ2n) is 6.53. The van der Waals surface area contributed by atoms with Crippen molar-refractivity contribution in [1.29, 1.82) is 0 Å². The number of aryl methyl sites for hydroxylation is 1. The fourth-order valence-electron chi connectivity index (χ4n) is 2.11. The SMILES string of the molecule is CCCNC(C)c1cc(C)ccc1OCCOC(C)(C)C. The first kappa shape index (κ1) is 18.0. The van der Waals surface area contributed by atoms with Crippen molar-refractivity contribution in [1.82, 2.24) is 5.32 Å². The van der Waals surface area contributed by atoms with Gasteiger partial charge in [0.1, 0.15) is 12.4 Å². The van der Waals surface area contributed by atoms with Crippen LogP contribution < -0.4 is 10.1 Å². The van der Waals surface area contributed by atoms with Crippen molar-refractivity contribution in [2.75, 3.05) is 19.8 Å². The average molecular weight is 293 g/mol. The van der Waals surface area contributed by atoms with Crippen LogP contribution in [0.25, 0.3) is 0 Å². The Morgan fingerprint density at radius 2 is 1.90 bits per heavy atom. The molecule has 3 heteroatoms. The number of nitrogens with one attached hydrogen (secondary N) is 1. The molecule has 0 saturated heterocycles. The van der Waals surface area contributed by atoms with E-state index in [4.69, 9.17) is 9.47 Å². The maximum Gasteiger partial charge on any atom is 0.124 e. The second-order valence-corrected chi connectivity index (χ2v) is 6.53. The van der Waals surface area contributed by atoms with E-state index in [1.54, 1.807) is 0 Å². The van der Waals surface area contributed by atoms with Gasteiger partial charge in [0.15, 0.2) is 0 Å². The molecule has 3 nitrogen and oxygen atoms in total. The van der Waals surface area contributed by atoms with E-state index in [-0.39, 0.29) is 5.60 Å². The molecule has 0 spiro atoms. The van der Waals surface area contributed by atoms with Crippen LogP contribution in [0.15, 0.2) is 18.2 Å². The lowest BCUT2D eigenvalue weighted by atomic mass is 10.0. The van der Waals surface area contributed by atoms with Crippen molar-refractivity contribution >= 4 is 0 Å². The van der Waals surface area contributed by atoms with Gasteiger partial charge >= 0.3 is 0 Å². The van der Waals surface area contributed by atoms with Crippen molar-refractivity contribution < 1.29 is 9.47 Å². The van der Waals surface area contributed by atoms with Crippen molar-refractivity contribution in [2.45, 2.75) is 59.6 Å². The third kappa shape index (κ3) is 6.96. The molecule has 1 atom stereocenters. The summed E-state index contributed by atoms with van der Waals surface area (Å²) in [6, 6.07) is 6.65. The zero-order chi connectivity index (χ0) is 15.9. The molecule has 0 saturated carbocycles. The maximum atomic E-state index is 5.92. The van der Waals surface area contributed by atoms with Gasteiger partial charge in [0.05, 0.1) is 12.2 Å². The molecule has 0 radical (unpaired) electrons. The van der Waals surface area contributed by atoms with Crippen LogP contribution in [0.1, 0.15) is 58.2 Å². The highest BCUT2D eigenvalue weighted by atomic mass is 16.5. The minimum absolute atomic E-state index is 0.116. The van der Waals surface area contributed by atoms with Crippen LogP contribution in [0.5, 0.6) is 5.75 Å². The van der Waals surface area contributed by atoms with Gasteiger partial charge < -0.3 is 14.8 Å². The Kier molecular flexibility index (Phi) is 7.20. The summed E-state index contributed by atoms with van der Waals surface area (Å²) in [5, 5.41) is 3.52. The Balaban J connectivity index is 2.64. The lowest BCUT2D eigenvalue weighted by Gasteiger charge is -2.21. The number of hydrogen-bond acceptors (Lipinski definition) is 3. The fourth-order valence-corrected chi connectivity index (χ4v) is 2.11. The topological polar surface area (TPSA) is 30.5 Å². The number of rotatable bonds is 8. The van der Waals surface area contributed by atoms with E-state index in [1.807, 2.05) is 0 Å². The van der Waals surface area contributed by atoms with E-state index in [9.17, 15) is 0 Å². The van der Waals surface area contributed by atoms with Crippen LogP contribution in [0.3, 0.4) is 0 Å². The van der Waals surface area contributed by atoms with Crippen molar-refractivity contribution in [3.63, 3.8) is 0 Å². The van der Waals surface area contributed by atoms with Crippen molar-refractivity contribution in [3.05, 3.63) is 29.3 Å². The molecule has 0 amide bonds. The Labute approximate surface area is 130 Å². The first-order chi connectivity index (χ1) is 9.83. The summed E-state index contributed by atoms with van der Waals surface area (Å²) in [6.45, 7) is 14.8. The van der Waals surface area contributed by atoms with Crippen LogP contribution >= 0.6 is 0 Å². The number of benzene rings is 1. The van der Waals surface area contributed by atoms with Crippen LogP contribution in [0.4, 0.5) is 0 Å². The Bertz CT molecular complexity index is 424. The monoisotopic (exact) mass is 293 g/mol. The smallest absolute Gasteiger partial charge is 0.124 e. The van der Waals surface area contributed by atoms with Gasteiger partial charge in [0, 0.05) is 11.6 Å². The summed E-state index contributed by atoms with van der Waals surface area (Å²) in [5.41, 5.74) is 2.36. The second kappa shape index (κ2) is 8.40. The largest absolute Gasteiger partial charge is 0.491 e. The van der Waals surface area contributed by atoms with Crippen LogP contribution in [-0.4, -0.2) is 25.4 Å². The zero-order valence-corrected chi connectivity index (χ0v) is 14.5. The summed E-state index contributed by atoms with van der Waals surface area (Å²) in [6.07, 6.45) is 1.13. The Morgan fingerprint density at radius 3 is 2.52 bits per heavy atom. The van der Waals surface area contributed by atoms with Crippen LogP contribution in [0, 0.1) is 6.92 Å². The quantitative estimate of drug-likeness (QED) is 0.727. The van der Waals surface area contributed by atoms with E-state index >= 15 is 0 Å². The molecule has 1 unspecified atom stereocenters. The average Bonchev–Trinajstić information content (AvgIpc) is 2.41. The van der Waals surface area contributed by atoms with E-state index in [0.717, 1.165) is 18.7 Å². The highest BCUT2D eigenvalue weighted by Gasteiger charge is 2.13. The molecular weight excluding hydrogens is 262 g/mol. The molecule has 1 aromatic carbocycles. The molecule has 0 aliphatic rings. The minimum Gasteiger partial charge on any atom is -0.491 e. The standard InChI is InChI=1S/C18H31NO2/c1-7-10-19-15(3)16-13-14(2)8-9-17(16)20-11-12-21-18(4,5)6/h8-9,13,15,19H,7,10-12H2,1-6H3. The summed E-state index contributed by atoms with van der Waals surface area (Å²) < 4.78 is 11.6. The van der Waals surface area contributed by atoms with Crippen LogP contribution in [-0.2, 0) is 4.74 Å². The molecule has 21 heavy (non-hydrogen) atoms. The fraction of sp³-hybridized carbons (Fsp3) is 0.667. The molecule has 1 rings (SSSR count). The van der Waals surface area contributed by atoms with E-state index in [0.29, 0.717) is 19.3 Å². The minimum atomic E-state index is -0.116.